The number of primary amides is 1. The van der Waals surface area contributed by atoms with E-state index in [1.807, 2.05) is 6.07 Å². The van der Waals surface area contributed by atoms with Crippen LogP contribution in [0, 0.1) is 0 Å². The summed E-state index contributed by atoms with van der Waals surface area (Å²) in [6, 6.07) is 10.5. The van der Waals surface area contributed by atoms with E-state index in [9.17, 15) is 4.79 Å². The number of aromatic nitrogens is 1. The molecule has 0 fully saturated rings. The first kappa shape index (κ1) is 13.0. The highest BCUT2D eigenvalue weighted by molar-refractivity contribution is 5.95. The fraction of sp³-hybridized carbons (Fsp3) is 0.143. The van der Waals surface area contributed by atoms with E-state index in [2.05, 4.69) is 4.98 Å². The number of benzene rings is 1. The highest BCUT2D eigenvalue weighted by Crippen LogP contribution is 2.24. The summed E-state index contributed by atoms with van der Waals surface area (Å²) in [6.45, 7) is 0.277. The second-order valence-electron chi connectivity index (χ2n) is 3.99. The van der Waals surface area contributed by atoms with Gasteiger partial charge in [0.2, 0.25) is 0 Å². The van der Waals surface area contributed by atoms with Gasteiger partial charge in [0.1, 0.15) is 11.9 Å². The van der Waals surface area contributed by atoms with Crippen LogP contribution in [0.15, 0.2) is 48.8 Å². The van der Waals surface area contributed by atoms with E-state index in [0.717, 1.165) is 5.56 Å². The van der Waals surface area contributed by atoms with Crippen LogP contribution in [0.4, 0.5) is 0 Å². The van der Waals surface area contributed by atoms with Gasteiger partial charge in [0, 0.05) is 24.5 Å². The van der Waals surface area contributed by atoms with E-state index in [4.69, 9.17) is 16.2 Å². The summed E-state index contributed by atoms with van der Waals surface area (Å²) in [5, 5.41) is 0. The molecule has 0 bridgehead atoms. The highest BCUT2D eigenvalue weighted by atomic mass is 16.5. The average molecular weight is 257 g/mol. The van der Waals surface area contributed by atoms with Gasteiger partial charge < -0.3 is 16.2 Å². The first-order valence-corrected chi connectivity index (χ1v) is 5.88. The summed E-state index contributed by atoms with van der Waals surface area (Å²) < 4.78 is 5.78. The standard InChI is InChI=1S/C14H15N3O2/c15-8-13(10-4-3-7-17-9-10)19-12-6-2-1-5-11(12)14(16)18/h1-7,9,13H,8,15H2,(H2,16,18). The Balaban J connectivity index is 2.27. The van der Waals surface area contributed by atoms with Crippen molar-refractivity contribution < 1.29 is 9.53 Å². The monoisotopic (exact) mass is 257 g/mol. The molecule has 2 aromatic rings. The van der Waals surface area contributed by atoms with Crippen molar-refractivity contribution in [3.05, 3.63) is 59.9 Å². The van der Waals surface area contributed by atoms with E-state index in [1.54, 1.807) is 42.7 Å². The van der Waals surface area contributed by atoms with E-state index in [1.165, 1.54) is 0 Å². The molecule has 0 radical (unpaired) electrons. The first-order valence-electron chi connectivity index (χ1n) is 5.88. The van der Waals surface area contributed by atoms with Crippen molar-refractivity contribution in [1.82, 2.24) is 4.98 Å². The summed E-state index contributed by atoms with van der Waals surface area (Å²) in [7, 11) is 0. The summed E-state index contributed by atoms with van der Waals surface area (Å²) in [5.41, 5.74) is 12.2. The Bertz CT molecular complexity index is 558. The van der Waals surface area contributed by atoms with Crippen molar-refractivity contribution in [3.63, 3.8) is 0 Å². The van der Waals surface area contributed by atoms with Crippen LogP contribution in [0.5, 0.6) is 5.75 Å². The number of hydrogen-bond acceptors (Lipinski definition) is 4. The van der Waals surface area contributed by atoms with Crippen LogP contribution in [0.2, 0.25) is 0 Å². The van der Waals surface area contributed by atoms with Crippen molar-refractivity contribution in [3.8, 4) is 5.75 Å². The highest BCUT2D eigenvalue weighted by Gasteiger charge is 2.15. The third kappa shape index (κ3) is 3.08. The molecule has 1 aromatic heterocycles. The predicted octanol–water partition coefficient (Wildman–Crippen LogP) is 1.26. The maximum absolute atomic E-state index is 11.3. The van der Waals surface area contributed by atoms with Crippen LogP contribution in [-0.2, 0) is 0 Å². The topological polar surface area (TPSA) is 91.2 Å². The van der Waals surface area contributed by atoms with Gasteiger partial charge in [-0.3, -0.25) is 9.78 Å². The van der Waals surface area contributed by atoms with Crippen LogP contribution in [0.1, 0.15) is 22.0 Å². The van der Waals surface area contributed by atoms with Gasteiger partial charge in [-0.15, -0.1) is 0 Å². The molecule has 0 aliphatic heterocycles. The molecule has 0 saturated carbocycles. The Hall–Kier alpha value is -2.40. The van der Waals surface area contributed by atoms with Gasteiger partial charge >= 0.3 is 0 Å². The zero-order chi connectivity index (χ0) is 13.7. The molecule has 5 nitrogen and oxygen atoms in total. The first-order chi connectivity index (χ1) is 9.22. The molecule has 1 aromatic carbocycles. The Kier molecular flexibility index (Phi) is 4.10. The number of para-hydroxylation sites is 1. The molecule has 0 aliphatic rings. The number of carbonyl (C=O) groups excluding carboxylic acids is 1. The number of nitrogens with zero attached hydrogens (tertiary/aromatic N) is 1. The maximum Gasteiger partial charge on any atom is 0.252 e. The average Bonchev–Trinajstić information content (AvgIpc) is 2.46. The number of ether oxygens (including phenoxy) is 1. The smallest absolute Gasteiger partial charge is 0.252 e. The second-order valence-corrected chi connectivity index (χ2v) is 3.99. The quantitative estimate of drug-likeness (QED) is 0.843. The lowest BCUT2D eigenvalue weighted by molar-refractivity contribution is 0.0993. The Morgan fingerprint density at radius 2 is 2.05 bits per heavy atom. The van der Waals surface area contributed by atoms with Gasteiger partial charge in [0.05, 0.1) is 5.56 Å². The molecule has 1 unspecified atom stereocenters. The van der Waals surface area contributed by atoms with E-state index >= 15 is 0 Å². The maximum atomic E-state index is 11.3. The lowest BCUT2D eigenvalue weighted by Gasteiger charge is -2.18. The van der Waals surface area contributed by atoms with Gasteiger partial charge in [-0.25, -0.2) is 0 Å². The minimum atomic E-state index is -0.530. The van der Waals surface area contributed by atoms with Gasteiger partial charge in [-0.05, 0) is 18.2 Å². The Morgan fingerprint density at radius 3 is 2.68 bits per heavy atom. The fourth-order valence-corrected chi connectivity index (χ4v) is 1.74. The largest absolute Gasteiger partial charge is 0.484 e. The van der Waals surface area contributed by atoms with Crippen molar-refractivity contribution in [2.24, 2.45) is 11.5 Å². The molecule has 5 heteroatoms. The molecule has 4 N–H and O–H groups in total. The molecule has 0 aliphatic carbocycles. The normalized spacial score (nSPS) is 11.8. The van der Waals surface area contributed by atoms with Crippen LogP contribution in [0.25, 0.3) is 0 Å². The SMILES string of the molecule is NCC(Oc1ccccc1C(N)=O)c1cccnc1. The minimum absolute atomic E-state index is 0.277. The number of rotatable bonds is 5. The molecule has 0 saturated heterocycles. The Labute approximate surface area is 111 Å². The van der Waals surface area contributed by atoms with Crippen molar-refractivity contribution in [2.75, 3.05) is 6.54 Å². The van der Waals surface area contributed by atoms with Crippen LogP contribution >= 0.6 is 0 Å². The van der Waals surface area contributed by atoms with E-state index in [-0.39, 0.29) is 12.6 Å². The number of nitrogens with two attached hydrogens (primary N) is 2. The van der Waals surface area contributed by atoms with E-state index in [0.29, 0.717) is 11.3 Å². The van der Waals surface area contributed by atoms with Gasteiger partial charge in [0.25, 0.3) is 5.91 Å². The zero-order valence-corrected chi connectivity index (χ0v) is 10.3. The van der Waals surface area contributed by atoms with Crippen LogP contribution in [-0.4, -0.2) is 17.4 Å². The summed E-state index contributed by atoms with van der Waals surface area (Å²) >= 11 is 0. The summed E-state index contributed by atoms with van der Waals surface area (Å²) in [5.74, 6) is -0.105. The third-order valence-corrected chi connectivity index (χ3v) is 2.69. The lowest BCUT2D eigenvalue weighted by Crippen LogP contribution is -2.20. The van der Waals surface area contributed by atoms with Crippen LogP contribution < -0.4 is 16.2 Å². The van der Waals surface area contributed by atoms with Crippen LogP contribution in [0.3, 0.4) is 0 Å². The molecule has 1 atom stereocenters. The predicted molar refractivity (Wildman–Crippen MR) is 71.6 cm³/mol. The molecule has 19 heavy (non-hydrogen) atoms. The molecule has 2 rings (SSSR count). The second kappa shape index (κ2) is 5.97. The minimum Gasteiger partial charge on any atom is -0.484 e. The molecular weight excluding hydrogens is 242 g/mol. The number of amides is 1. The van der Waals surface area contributed by atoms with E-state index < -0.39 is 5.91 Å². The van der Waals surface area contributed by atoms with Gasteiger partial charge in [0.15, 0.2) is 0 Å². The lowest BCUT2D eigenvalue weighted by atomic mass is 10.1. The molecule has 0 spiro atoms. The molecule has 98 valence electrons. The number of hydrogen-bond donors (Lipinski definition) is 2. The fourth-order valence-electron chi connectivity index (χ4n) is 1.74. The van der Waals surface area contributed by atoms with Crippen molar-refractivity contribution in [1.29, 1.82) is 0 Å². The third-order valence-electron chi connectivity index (χ3n) is 2.69. The van der Waals surface area contributed by atoms with Gasteiger partial charge in [-0.2, -0.15) is 0 Å². The summed E-state index contributed by atoms with van der Waals surface area (Å²) in [6.07, 6.45) is 2.99. The van der Waals surface area contributed by atoms with Gasteiger partial charge in [-0.1, -0.05) is 18.2 Å². The molecular formula is C14H15N3O2. The molecule has 1 heterocycles. The zero-order valence-electron chi connectivity index (χ0n) is 10.3. The van der Waals surface area contributed by atoms with Crippen molar-refractivity contribution in [2.45, 2.75) is 6.10 Å². The number of carbonyl (C=O) groups is 1. The number of pyridine rings is 1. The Morgan fingerprint density at radius 1 is 1.26 bits per heavy atom. The van der Waals surface area contributed by atoms with Crippen molar-refractivity contribution >= 4 is 5.91 Å². The summed E-state index contributed by atoms with van der Waals surface area (Å²) in [4.78, 5) is 15.4. The molecule has 1 amide bonds.